The molecule has 20 heavy (non-hydrogen) atoms. The first-order valence-corrected chi connectivity index (χ1v) is 9.19. The van der Waals surface area contributed by atoms with Crippen LogP contribution in [0, 0.1) is 0 Å². The highest BCUT2D eigenvalue weighted by atomic mass is 15.4. The Labute approximate surface area is 128 Å². The average molecular weight is 284 g/mol. The van der Waals surface area contributed by atoms with E-state index in [0.29, 0.717) is 0 Å². The summed E-state index contributed by atoms with van der Waals surface area (Å²) in [5.41, 5.74) is 0. The number of piperazine rings is 1. The highest BCUT2D eigenvalue weighted by Gasteiger charge is 2.34. The second-order valence-electron chi connectivity index (χ2n) is 7.20. The molecule has 1 aliphatic rings. The zero-order chi connectivity index (χ0) is 14.8. The van der Waals surface area contributed by atoms with Crippen molar-refractivity contribution >= 4 is 0 Å². The molecule has 0 bridgehead atoms. The average Bonchev–Trinajstić information content (AvgIpc) is 2.44. The van der Waals surface area contributed by atoms with Gasteiger partial charge in [0.1, 0.15) is 0 Å². The first-order chi connectivity index (χ1) is 9.62. The smallest absolute Gasteiger partial charge is 0.0988 e. The summed E-state index contributed by atoms with van der Waals surface area (Å²) in [5.74, 6) is 0. The van der Waals surface area contributed by atoms with Gasteiger partial charge < -0.3 is 4.48 Å². The van der Waals surface area contributed by atoms with Gasteiger partial charge in [-0.1, -0.05) is 46.0 Å². The fourth-order valence-electron chi connectivity index (χ4n) is 3.45. The van der Waals surface area contributed by atoms with Crippen LogP contribution in [0.4, 0.5) is 0 Å². The fraction of sp³-hybridized carbons (Fsp3) is 1.00. The Morgan fingerprint density at radius 1 is 0.950 bits per heavy atom. The topological polar surface area (TPSA) is 3.24 Å². The Morgan fingerprint density at radius 2 is 1.60 bits per heavy atom. The quantitative estimate of drug-likeness (QED) is 0.427. The van der Waals surface area contributed by atoms with Crippen molar-refractivity contribution in [1.29, 1.82) is 0 Å². The molecular weight excluding hydrogens is 244 g/mol. The summed E-state index contributed by atoms with van der Waals surface area (Å²) in [6.45, 7) is 13.8. The number of hydrogen-bond donors (Lipinski definition) is 0. The van der Waals surface area contributed by atoms with Crippen LogP contribution in [-0.4, -0.2) is 55.2 Å². The Kier molecular flexibility index (Phi) is 8.79. The number of rotatable bonds is 10. The van der Waals surface area contributed by atoms with E-state index in [2.05, 4.69) is 32.7 Å². The van der Waals surface area contributed by atoms with E-state index in [0.717, 1.165) is 6.04 Å². The van der Waals surface area contributed by atoms with Gasteiger partial charge in [-0.3, -0.25) is 4.90 Å². The number of quaternary nitrogens is 1. The SMILES string of the molecule is CCCCCCN1CC[N+](C)(CCCCCC)C(C)C1. The largest absolute Gasteiger partial charge is 0.322 e. The maximum Gasteiger partial charge on any atom is 0.0988 e. The standard InChI is InChI=1S/C18H39N2/c1-5-7-9-11-13-19-14-16-20(4,18(3)17-19)15-12-10-8-6-2/h18H,5-17H2,1-4H3/q+1. The van der Waals surface area contributed by atoms with Crippen LogP contribution >= 0.6 is 0 Å². The van der Waals surface area contributed by atoms with Crippen molar-refractivity contribution in [2.24, 2.45) is 0 Å². The molecule has 2 unspecified atom stereocenters. The van der Waals surface area contributed by atoms with Crippen LogP contribution < -0.4 is 0 Å². The molecule has 0 aromatic heterocycles. The third-order valence-electron chi connectivity index (χ3n) is 5.36. The predicted octanol–water partition coefficient (Wildman–Crippen LogP) is 4.30. The Bertz CT molecular complexity index is 242. The molecule has 0 spiro atoms. The molecule has 0 radical (unpaired) electrons. The monoisotopic (exact) mass is 283 g/mol. The van der Waals surface area contributed by atoms with Gasteiger partial charge in [0.15, 0.2) is 0 Å². The van der Waals surface area contributed by atoms with E-state index in [1.807, 2.05) is 0 Å². The number of nitrogens with zero attached hydrogens (tertiary/aromatic N) is 2. The number of unbranched alkanes of at least 4 members (excludes halogenated alkanes) is 6. The van der Waals surface area contributed by atoms with Crippen LogP contribution in [0.25, 0.3) is 0 Å². The van der Waals surface area contributed by atoms with Gasteiger partial charge >= 0.3 is 0 Å². The fourth-order valence-corrected chi connectivity index (χ4v) is 3.45. The summed E-state index contributed by atoms with van der Waals surface area (Å²) in [6, 6.07) is 0.816. The van der Waals surface area contributed by atoms with Crippen LogP contribution in [0.15, 0.2) is 0 Å². The first-order valence-electron chi connectivity index (χ1n) is 9.19. The molecule has 2 nitrogen and oxygen atoms in total. The maximum atomic E-state index is 2.71. The molecule has 0 saturated carbocycles. The van der Waals surface area contributed by atoms with Crippen molar-refractivity contribution in [3.63, 3.8) is 0 Å². The molecule has 0 aliphatic carbocycles. The van der Waals surface area contributed by atoms with Crippen molar-refractivity contribution in [2.75, 3.05) is 39.8 Å². The zero-order valence-corrected chi connectivity index (χ0v) is 14.7. The Balaban J connectivity index is 2.23. The van der Waals surface area contributed by atoms with Gasteiger partial charge in [0.2, 0.25) is 0 Å². The molecule has 120 valence electrons. The summed E-state index contributed by atoms with van der Waals surface area (Å²) in [5, 5.41) is 0. The van der Waals surface area contributed by atoms with Crippen molar-refractivity contribution in [3.8, 4) is 0 Å². The molecule has 0 amide bonds. The summed E-state index contributed by atoms with van der Waals surface area (Å²) < 4.78 is 1.31. The molecule has 1 rings (SSSR count). The van der Waals surface area contributed by atoms with Gasteiger partial charge in [-0.25, -0.2) is 0 Å². The molecule has 0 aromatic carbocycles. The van der Waals surface area contributed by atoms with E-state index < -0.39 is 0 Å². The van der Waals surface area contributed by atoms with E-state index in [-0.39, 0.29) is 0 Å². The van der Waals surface area contributed by atoms with Gasteiger partial charge in [-0.15, -0.1) is 0 Å². The van der Waals surface area contributed by atoms with Crippen LogP contribution in [0.2, 0.25) is 0 Å². The van der Waals surface area contributed by atoms with E-state index in [4.69, 9.17) is 0 Å². The molecule has 0 N–H and O–H groups in total. The van der Waals surface area contributed by atoms with Crippen LogP contribution in [0.1, 0.15) is 72.1 Å². The summed E-state index contributed by atoms with van der Waals surface area (Å²) >= 11 is 0. The maximum absolute atomic E-state index is 2.71. The minimum absolute atomic E-state index is 0.816. The third kappa shape index (κ3) is 6.13. The van der Waals surface area contributed by atoms with E-state index in [9.17, 15) is 0 Å². The molecule has 2 heteroatoms. The molecule has 1 aliphatic heterocycles. The molecule has 1 heterocycles. The summed E-state index contributed by atoms with van der Waals surface area (Å²) in [4.78, 5) is 2.71. The van der Waals surface area contributed by atoms with Gasteiger partial charge in [0.25, 0.3) is 0 Å². The van der Waals surface area contributed by atoms with Crippen molar-refractivity contribution < 1.29 is 4.48 Å². The van der Waals surface area contributed by atoms with Crippen molar-refractivity contribution in [1.82, 2.24) is 4.90 Å². The lowest BCUT2D eigenvalue weighted by atomic mass is 10.1. The van der Waals surface area contributed by atoms with Crippen LogP contribution in [0.5, 0.6) is 0 Å². The lowest BCUT2D eigenvalue weighted by molar-refractivity contribution is -0.936. The van der Waals surface area contributed by atoms with E-state index >= 15 is 0 Å². The second-order valence-corrected chi connectivity index (χ2v) is 7.20. The van der Waals surface area contributed by atoms with Crippen LogP contribution in [-0.2, 0) is 0 Å². The van der Waals surface area contributed by atoms with E-state index in [1.54, 1.807) is 0 Å². The van der Waals surface area contributed by atoms with Crippen LogP contribution in [0.3, 0.4) is 0 Å². The van der Waals surface area contributed by atoms with Gasteiger partial charge in [0, 0.05) is 6.54 Å². The molecular formula is C18H39N2+. The predicted molar refractivity (Wildman–Crippen MR) is 90.1 cm³/mol. The lowest BCUT2D eigenvalue weighted by Gasteiger charge is -2.47. The minimum Gasteiger partial charge on any atom is -0.322 e. The van der Waals surface area contributed by atoms with Gasteiger partial charge in [-0.2, -0.15) is 0 Å². The van der Waals surface area contributed by atoms with Crippen molar-refractivity contribution in [2.45, 2.75) is 78.2 Å². The molecule has 0 aromatic rings. The van der Waals surface area contributed by atoms with Gasteiger partial charge in [-0.05, 0) is 32.7 Å². The normalized spacial score (nSPS) is 27.9. The zero-order valence-electron chi connectivity index (χ0n) is 14.7. The lowest BCUT2D eigenvalue weighted by Crippen LogP contribution is -2.62. The summed E-state index contributed by atoms with van der Waals surface area (Å²) in [7, 11) is 2.49. The molecule has 2 atom stereocenters. The Morgan fingerprint density at radius 3 is 2.20 bits per heavy atom. The highest BCUT2D eigenvalue weighted by Crippen LogP contribution is 2.19. The number of hydrogen-bond acceptors (Lipinski definition) is 1. The van der Waals surface area contributed by atoms with E-state index in [1.165, 1.54) is 88.6 Å². The van der Waals surface area contributed by atoms with Gasteiger partial charge in [0.05, 0.1) is 32.7 Å². The highest BCUT2D eigenvalue weighted by molar-refractivity contribution is 4.70. The Hall–Kier alpha value is -0.0800. The second kappa shape index (κ2) is 9.78. The third-order valence-corrected chi connectivity index (χ3v) is 5.36. The number of likely N-dealkylation sites (N-methyl/N-ethyl adjacent to an activating group) is 1. The summed E-state index contributed by atoms with van der Waals surface area (Å²) in [6.07, 6.45) is 11.2. The minimum atomic E-state index is 0.816. The molecule has 1 saturated heterocycles. The molecule has 1 fully saturated rings. The first kappa shape index (κ1) is 18.0. The van der Waals surface area contributed by atoms with Crippen molar-refractivity contribution in [3.05, 3.63) is 0 Å².